The first-order valence-electron chi connectivity index (χ1n) is 7.88. The van der Waals surface area contributed by atoms with Crippen LogP contribution in [0.25, 0.3) is 0 Å². The maximum Gasteiger partial charge on any atom is 0.333 e. The average Bonchev–Trinajstić information content (AvgIpc) is 3.17. The minimum Gasteiger partial charge on any atom is -0.466 e. The van der Waals surface area contributed by atoms with Crippen molar-refractivity contribution >= 4 is 34.5 Å². The molecule has 1 fully saturated rings. The Kier molecular flexibility index (Phi) is 6.23. The third kappa shape index (κ3) is 3.97. The first kappa shape index (κ1) is 21.6. The lowest BCUT2D eigenvalue weighted by Crippen LogP contribution is -2.14. The molecule has 0 radical (unpaired) electrons. The zero-order valence-electron chi connectivity index (χ0n) is 15.0. The molecule has 0 aliphatic heterocycles. The molecule has 4 nitrogen and oxygen atoms in total. The molecule has 27 heavy (non-hydrogen) atoms. The number of hydrogen-bond donors (Lipinski definition) is 0. The van der Waals surface area contributed by atoms with Crippen molar-refractivity contribution in [3.63, 3.8) is 0 Å². The average molecular weight is 500 g/mol. The van der Waals surface area contributed by atoms with E-state index in [0.29, 0.717) is 5.57 Å². The van der Waals surface area contributed by atoms with Crippen molar-refractivity contribution in [1.29, 1.82) is 0 Å². The van der Waals surface area contributed by atoms with Crippen molar-refractivity contribution < 1.29 is 36.6 Å². The molecular weight excluding hydrogens is 483 g/mol. The maximum atomic E-state index is 13.9. The second kappa shape index (κ2) is 7.76. The van der Waals surface area contributed by atoms with Crippen LogP contribution in [0.2, 0.25) is 0 Å². The minimum atomic E-state index is -1.60. The standard InChI is InChI=1S/C18H17F4IO4/c1-7(16(24)26-4)5-9-10(18(9,2)3)17(25)27-6-8-11(19)13(21)15(23)14(22)12(8)20/h5,9-10H,6H2,1-4H3/b7-5+/t9-,10+/m1/s1. The number of methoxy groups -OCH3 is 1. The predicted octanol–water partition coefficient (Wildman–Crippen LogP) is 4.28. The molecule has 1 aromatic rings. The summed E-state index contributed by atoms with van der Waals surface area (Å²) in [6, 6.07) is 0. The molecule has 1 aliphatic rings. The van der Waals surface area contributed by atoms with Gasteiger partial charge in [0.1, 0.15) is 6.61 Å². The smallest absolute Gasteiger partial charge is 0.333 e. The highest BCUT2D eigenvalue weighted by molar-refractivity contribution is 14.1. The zero-order chi connectivity index (χ0) is 20.7. The van der Waals surface area contributed by atoms with E-state index in [-0.39, 0.29) is 5.92 Å². The van der Waals surface area contributed by atoms with Gasteiger partial charge >= 0.3 is 11.9 Å². The largest absolute Gasteiger partial charge is 0.466 e. The lowest BCUT2D eigenvalue weighted by Gasteiger charge is -2.10. The second-order valence-corrected chi connectivity index (χ2v) is 7.90. The molecular formula is C18H17F4IO4. The first-order chi connectivity index (χ1) is 12.4. The summed E-state index contributed by atoms with van der Waals surface area (Å²) < 4.78 is 63.6. The van der Waals surface area contributed by atoms with E-state index in [9.17, 15) is 27.2 Å². The van der Waals surface area contributed by atoms with E-state index in [1.807, 2.05) is 0 Å². The predicted molar refractivity (Wildman–Crippen MR) is 95.3 cm³/mol. The number of carbonyl (C=O) groups excluding carboxylic acids is 2. The monoisotopic (exact) mass is 500 g/mol. The molecule has 0 spiro atoms. The van der Waals surface area contributed by atoms with Gasteiger partial charge in [-0.25, -0.2) is 22.4 Å². The van der Waals surface area contributed by atoms with E-state index in [4.69, 9.17) is 4.74 Å². The highest BCUT2D eigenvalue weighted by Gasteiger charge is 2.61. The van der Waals surface area contributed by atoms with Crippen molar-refractivity contribution in [2.24, 2.45) is 17.3 Å². The fraction of sp³-hybridized carbons (Fsp3) is 0.444. The molecule has 0 saturated heterocycles. The number of allylic oxidation sites excluding steroid dienone is 1. The van der Waals surface area contributed by atoms with Gasteiger partial charge in [-0.15, -0.1) is 0 Å². The van der Waals surface area contributed by atoms with Crippen LogP contribution in [0, 0.1) is 44.1 Å². The van der Waals surface area contributed by atoms with Gasteiger partial charge in [0.2, 0.25) is 0 Å². The molecule has 0 aromatic heterocycles. The Morgan fingerprint density at radius 3 is 2.11 bits per heavy atom. The molecule has 2 atom stereocenters. The number of hydrogen-bond acceptors (Lipinski definition) is 4. The van der Waals surface area contributed by atoms with Crippen LogP contribution in [0.4, 0.5) is 17.6 Å². The van der Waals surface area contributed by atoms with Crippen LogP contribution in [-0.2, 0) is 25.7 Å². The number of rotatable bonds is 5. The lowest BCUT2D eigenvalue weighted by molar-refractivity contribution is -0.147. The summed E-state index contributed by atoms with van der Waals surface area (Å²) in [5, 5.41) is 0. The quantitative estimate of drug-likeness (QED) is 0.151. The summed E-state index contributed by atoms with van der Waals surface area (Å²) in [5.41, 5.74) is -1.23. The maximum absolute atomic E-state index is 13.9. The third-order valence-electron chi connectivity index (χ3n) is 4.76. The molecule has 1 aliphatic carbocycles. The topological polar surface area (TPSA) is 52.6 Å². The summed E-state index contributed by atoms with van der Waals surface area (Å²) in [4.78, 5) is 23.8. The fourth-order valence-corrected chi connectivity index (χ4v) is 3.42. The van der Waals surface area contributed by atoms with Crippen LogP contribution in [-0.4, -0.2) is 19.0 Å². The third-order valence-corrected chi connectivity index (χ3v) is 5.71. The van der Waals surface area contributed by atoms with Gasteiger partial charge in [0.15, 0.2) is 23.3 Å². The zero-order valence-corrected chi connectivity index (χ0v) is 17.1. The molecule has 0 unspecified atom stereocenters. The van der Waals surface area contributed by atoms with Gasteiger partial charge in [-0.1, -0.05) is 19.9 Å². The number of esters is 2. The van der Waals surface area contributed by atoms with Crippen LogP contribution in [0.3, 0.4) is 0 Å². The van der Waals surface area contributed by atoms with E-state index in [1.54, 1.807) is 19.9 Å². The Morgan fingerprint density at radius 1 is 1.11 bits per heavy atom. The number of halogens is 5. The number of ether oxygens (including phenoxy) is 2. The van der Waals surface area contributed by atoms with Gasteiger partial charge in [-0.2, -0.15) is 0 Å². The highest BCUT2D eigenvalue weighted by Crippen LogP contribution is 2.60. The van der Waals surface area contributed by atoms with E-state index in [2.05, 4.69) is 4.74 Å². The SMILES string of the molecule is COC(=O)/C(C)=C/[C@@H]1[C@@H](C(=O)OCc2c(F)c(F)c(I)c(F)c2F)C1(C)C. The molecule has 148 valence electrons. The molecule has 1 saturated carbocycles. The summed E-state index contributed by atoms with van der Waals surface area (Å²) in [6.45, 7) is 4.11. The molecule has 2 rings (SSSR count). The van der Waals surface area contributed by atoms with E-state index in [0.717, 1.165) is 22.6 Å². The van der Waals surface area contributed by atoms with Crippen LogP contribution < -0.4 is 0 Å². The van der Waals surface area contributed by atoms with Crippen LogP contribution in [0.15, 0.2) is 11.6 Å². The second-order valence-electron chi connectivity index (χ2n) is 6.82. The van der Waals surface area contributed by atoms with Crippen LogP contribution in [0.5, 0.6) is 0 Å². The lowest BCUT2D eigenvalue weighted by atomic mass is 10.1. The van der Waals surface area contributed by atoms with Crippen molar-refractivity contribution in [3.05, 3.63) is 44.1 Å². The van der Waals surface area contributed by atoms with Crippen molar-refractivity contribution in [2.75, 3.05) is 7.11 Å². The van der Waals surface area contributed by atoms with E-state index in [1.165, 1.54) is 14.0 Å². The van der Waals surface area contributed by atoms with Gasteiger partial charge in [-0.05, 0) is 40.8 Å². The molecule has 0 amide bonds. The molecule has 0 N–H and O–H groups in total. The van der Waals surface area contributed by atoms with Crippen LogP contribution in [0.1, 0.15) is 26.3 Å². The number of carbonyl (C=O) groups is 2. The molecule has 0 bridgehead atoms. The van der Waals surface area contributed by atoms with Crippen molar-refractivity contribution in [2.45, 2.75) is 27.4 Å². The van der Waals surface area contributed by atoms with Crippen LogP contribution >= 0.6 is 22.6 Å². The van der Waals surface area contributed by atoms with Gasteiger partial charge in [0.05, 0.1) is 22.2 Å². The summed E-state index contributed by atoms with van der Waals surface area (Å²) in [6.07, 6.45) is 1.57. The van der Waals surface area contributed by atoms with Gasteiger partial charge in [0.25, 0.3) is 0 Å². The van der Waals surface area contributed by atoms with Gasteiger partial charge in [-0.3, -0.25) is 4.79 Å². The fourth-order valence-electron chi connectivity index (χ4n) is 2.95. The Hall–Kier alpha value is -1.65. The Labute approximate surface area is 167 Å². The minimum absolute atomic E-state index is 0.310. The highest BCUT2D eigenvalue weighted by atomic mass is 127. The van der Waals surface area contributed by atoms with E-state index >= 15 is 0 Å². The number of benzene rings is 1. The van der Waals surface area contributed by atoms with Gasteiger partial charge < -0.3 is 9.47 Å². The van der Waals surface area contributed by atoms with Gasteiger partial charge in [0, 0.05) is 5.57 Å². The molecule has 0 heterocycles. The summed E-state index contributed by atoms with van der Waals surface area (Å²) in [5.74, 6) is -8.61. The Bertz CT molecular complexity index is 806. The van der Waals surface area contributed by atoms with Crippen molar-refractivity contribution in [3.8, 4) is 0 Å². The Morgan fingerprint density at radius 2 is 1.63 bits per heavy atom. The first-order valence-corrected chi connectivity index (χ1v) is 8.96. The molecule has 1 aromatic carbocycles. The van der Waals surface area contributed by atoms with Crippen molar-refractivity contribution in [1.82, 2.24) is 0 Å². The summed E-state index contributed by atoms with van der Waals surface area (Å²) >= 11 is 1.14. The molecule has 9 heteroatoms. The normalized spacial score (nSPS) is 21.0. The van der Waals surface area contributed by atoms with E-state index < -0.39 is 62.3 Å². The summed E-state index contributed by atoms with van der Waals surface area (Å²) in [7, 11) is 1.23. The Balaban J connectivity index is 2.15.